The van der Waals surface area contributed by atoms with Crippen LogP contribution in [0.1, 0.15) is 70.1 Å². The van der Waals surface area contributed by atoms with Gasteiger partial charge in [-0.15, -0.1) is 0 Å². The molecule has 0 unspecified atom stereocenters. The first kappa shape index (κ1) is 30.2. The SMILES string of the molecule is CCOc1cc(/C=C2/SC(=S)N(CCCCCC(=O)O)C2=O)cc(Br)c1OCc1ccc(C(C)(C)C)cc1. The van der Waals surface area contributed by atoms with Gasteiger partial charge in [-0.2, -0.15) is 0 Å². The Kier molecular flexibility index (Phi) is 10.8. The third-order valence-corrected chi connectivity index (χ3v) is 7.95. The van der Waals surface area contributed by atoms with Crippen molar-refractivity contribution in [3.8, 4) is 11.5 Å². The largest absolute Gasteiger partial charge is 0.490 e. The number of benzene rings is 2. The van der Waals surface area contributed by atoms with E-state index in [1.807, 2.05) is 25.1 Å². The maximum atomic E-state index is 13.0. The Hall–Kier alpha value is -2.36. The molecule has 1 aliphatic heterocycles. The summed E-state index contributed by atoms with van der Waals surface area (Å²) in [5.41, 5.74) is 3.22. The molecule has 2 aromatic carbocycles. The van der Waals surface area contributed by atoms with E-state index in [4.69, 9.17) is 26.8 Å². The third-order valence-electron chi connectivity index (χ3n) is 5.98. The van der Waals surface area contributed by atoms with Crippen LogP contribution in [0.2, 0.25) is 0 Å². The van der Waals surface area contributed by atoms with Gasteiger partial charge in [0.2, 0.25) is 0 Å². The van der Waals surface area contributed by atoms with Crippen LogP contribution in [0, 0.1) is 0 Å². The Morgan fingerprint density at radius 1 is 1.13 bits per heavy atom. The van der Waals surface area contributed by atoms with Crippen molar-refractivity contribution in [2.45, 2.75) is 65.4 Å². The second-order valence-corrected chi connectivity index (χ2v) is 12.6. The van der Waals surface area contributed by atoms with Crippen LogP contribution >= 0.6 is 39.9 Å². The molecule has 204 valence electrons. The van der Waals surface area contributed by atoms with Gasteiger partial charge in [-0.25, -0.2) is 0 Å². The molecular weight excluding hydrogens is 586 g/mol. The number of carboxylic acid groups (broad SMARTS) is 1. The minimum absolute atomic E-state index is 0.0938. The van der Waals surface area contributed by atoms with E-state index in [0.29, 0.717) is 53.3 Å². The number of hydrogen-bond donors (Lipinski definition) is 1. The number of halogens is 1. The van der Waals surface area contributed by atoms with Crippen molar-refractivity contribution in [3.05, 3.63) is 62.5 Å². The van der Waals surface area contributed by atoms with Gasteiger partial charge in [0.1, 0.15) is 10.9 Å². The first-order valence-electron chi connectivity index (χ1n) is 12.6. The van der Waals surface area contributed by atoms with Gasteiger partial charge in [0, 0.05) is 13.0 Å². The Labute approximate surface area is 242 Å². The summed E-state index contributed by atoms with van der Waals surface area (Å²) in [6, 6.07) is 12.2. The number of aliphatic carboxylic acids is 1. The van der Waals surface area contributed by atoms with Crippen LogP contribution in [0.4, 0.5) is 0 Å². The van der Waals surface area contributed by atoms with Crippen molar-refractivity contribution in [2.24, 2.45) is 0 Å². The summed E-state index contributed by atoms with van der Waals surface area (Å²) in [5, 5.41) is 8.77. The monoisotopic (exact) mass is 619 g/mol. The molecule has 0 spiro atoms. The summed E-state index contributed by atoms with van der Waals surface area (Å²) in [6.45, 7) is 9.83. The first-order chi connectivity index (χ1) is 18.0. The highest BCUT2D eigenvalue weighted by Gasteiger charge is 2.31. The van der Waals surface area contributed by atoms with Crippen LogP contribution < -0.4 is 9.47 Å². The molecule has 38 heavy (non-hydrogen) atoms. The number of amides is 1. The molecule has 6 nitrogen and oxygen atoms in total. The van der Waals surface area contributed by atoms with Gasteiger partial charge >= 0.3 is 5.97 Å². The molecule has 1 heterocycles. The molecule has 3 rings (SSSR count). The lowest BCUT2D eigenvalue weighted by Crippen LogP contribution is -2.29. The Balaban J connectivity index is 1.71. The van der Waals surface area contributed by atoms with Crippen LogP contribution in [-0.2, 0) is 21.6 Å². The number of thiocarbonyl (C=S) groups is 1. The number of thioether (sulfide) groups is 1. The average molecular weight is 621 g/mol. The summed E-state index contributed by atoms with van der Waals surface area (Å²) in [6.07, 6.45) is 3.97. The molecule has 1 saturated heterocycles. The lowest BCUT2D eigenvalue weighted by molar-refractivity contribution is -0.137. The van der Waals surface area contributed by atoms with Crippen LogP contribution in [0.5, 0.6) is 11.5 Å². The van der Waals surface area contributed by atoms with Crippen molar-refractivity contribution in [1.29, 1.82) is 0 Å². The Morgan fingerprint density at radius 2 is 1.84 bits per heavy atom. The number of carbonyl (C=O) groups excluding carboxylic acids is 1. The minimum Gasteiger partial charge on any atom is -0.490 e. The molecule has 0 bridgehead atoms. The number of rotatable bonds is 12. The maximum Gasteiger partial charge on any atom is 0.303 e. The van der Waals surface area contributed by atoms with E-state index in [9.17, 15) is 9.59 Å². The molecule has 0 aromatic heterocycles. The van der Waals surface area contributed by atoms with Gasteiger partial charge in [-0.05, 0) is 76.0 Å². The fourth-order valence-corrected chi connectivity index (χ4v) is 5.78. The van der Waals surface area contributed by atoms with E-state index in [0.717, 1.165) is 22.0 Å². The summed E-state index contributed by atoms with van der Waals surface area (Å²) in [7, 11) is 0. The minimum atomic E-state index is -0.803. The Bertz CT molecular complexity index is 1200. The summed E-state index contributed by atoms with van der Waals surface area (Å²) in [5.74, 6) is 0.264. The predicted molar refractivity (Wildman–Crippen MR) is 161 cm³/mol. The quantitative estimate of drug-likeness (QED) is 0.149. The molecule has 9 heteroatoms. The molecular formula is C29H34BrNO5S2. The smallest absolute Gasteiger partial charge is 0.303 e. The standard InChI is InChI=1S/C29H34BrNO5S2/c1-5-35-23-16-20(17-24-27(34)31(28(37)38-24)14-8-6-7-9-25(32)33)15-22(30)26(23)36-18-19-10-12-21(13-11-19)29(2,3)4/h10-13,15-17H,5-9,14,18H2,1-4H3,(H,32,33)/b24-17+. The highest BCUT2D eigenvalue weighted by molar-refractivity contribution is 9.10. The zero-order valence-electron chi connectivity index (χ0n) is 22.2. The van der Waals surface area contributed by atoms with Gasteiger partial charge in [-0.1, -0.05) is 75.4 Å². The van der Waals surface area contributed by atoms with E-state index in [1.54, 1.807) is 4.90 Å². The van der Waals surface area contributed by atoms with E-state index >= 15 is 0 Å². The van der Waals surface area contributed by atoms with Crippen LogP contribution in [0.15, 0.2) is 45.8 Å². The highest BCUT2D eigenvalue weighted by Crippen LogP contribution is 2.40. The van der Waals surface area contributed by atoms with E-state index in [2.05, 4.69) is 61.0 Å². The average Bonchev–Trinajstić information content (AvgIpc) is 3.10. The van der Waals surface area contributed by atoms with Crippen molar-refractivity contribution in [3.63, 3.8) is 0 Å². The number of unbranched alkanes of at least 4 members (excludes halogenated alkanes) is 2. The molecule has 0 aliphatic carbocycles. The Morgan fingerprint density at radius 3 is 2.47 bits per heavy atom. The van der Waals surface area contributed by atoms with E-state index < -0.39 is 5.97 Å². The van der Waals surface area contributed by atoms with Crippen LogP contribution in [0.3, 0.4) is 0 Å². The first-order valence-corrected chi connectivity index (χ1v) is 14.7. The number of carboxylic acids is 1. The van der Waals surface area contributed by atoms with Crippen molar-refractivity contribution < 1.29 is 24.2 Å². The lowest BCUT2D eigenvalue weighted by atomic mass is 9.87. The molecule has 1 fully saturated rings. The number of hydrogen-bond acceptors (Lipinski definition) is 6. The molecule has 0 radical (unpaired) electrons. The van der Waals surface area contributed by atoms with E-state index in [1.165, 1.54) is 17.3 Å². The summed E-state index contributed by atoms with van der Waals surface area (Å²) < 4.78 is 13.3. The fourth-order valence-electron chi connectivity index (χ4n) is 3.90. The summed E-state index contributed by atoms with van der Waals surface area (Å²) in [4.78, 5) is 25.8. The zero-order chi connectivity index (χ0) is 27.9. The third kappa shape index (κ3) is 8.32. The molecule has 1 aliphatic rings. The lowest BCUT2D eigenvalue weighted by Gasteiger charge is -2.19. The van der Waals surface area contributed by atoms with Gasteiger partial charge in [0.25, 0.3) is 5.91 Å². The second-order valence-electron chi connectivity index (χ2n) is 10.0. The molecule has 1 N–H and O–H groups in total. The number of ether oxygens (including phenoxy) is 2. The molecule has 2 aromatic rings. The van der Waals surface area contributed by atoms with Crippen molar-refractivity contribution >= 4 is 62.2 Å². The van der Waals surface area contributed by atoms with Crippen molar-refractivity contribution in [1.82, 2.24) is 4.90 Å². The van der Waals surface area contributed by atoms with Crippen LogP contribution in [-0.4, -0.2) is 39.4 Å². The number of carbonyl (C=O) groups is 2. The maximum absolute atomic E-state index is 13.0. The van der Waals surface area contributed by atoms with Crippen LogP contribution in [0.25, 0.3) is 6.08 Å². The highest BCUT2D eigenvalue weighted by atomic mass is 79.9. The van der Waals surface area contributed by atoms with E-state index in [-0.39, 0.29) is 17.7 Å². The van der Waals surface area contributed by atoms with Gasteiger partial charge in [-0.3, -0.25) is 14.5 Å². The zero-order valence-corrected chi connectivity index (χ0v) is 25.4. The topological polar surface area (TPSA) is 76.1 Å². The predicted octanol–water partition coefficient (Wildman–Crippen LogP) is 7.57. The van der Waals surface area contributed by atoms with Gasteiger partial charge in [0.05, 0.1) is 16.0 Å². The van der Waals surface area contributed by atoms with Gasteiger partial charge < -0.3 is 14.6 Å². The number of nitrogens with zero attached hydrogens (tertiary/aromatic N) is 1. The fraction of sp³-hybridized carbons (Fsp3) is 0.414. The molecule has 0 saturated carbocycles. The summed E-state index contributed by atoms with van der Waals surface area (Å²) >= 11 is 10.3. The molecule has 1 amide bonds. The van der Waals surface area contributed by atoms with Crippen molar-refractivity contribution in [2.75, 3.05) is 13.2 Å². The van der Waals surface area contributed by atoms with Gasteiger partial charge in [0.15, 0.2) is 11.5 Å². The molecule has 0 atom stereocenters. The normalized spacial score (nSPS) is 14.9. The second kappa shape index (κ2) is 13.6.